The normalized spacial score (nSPS) is 17.3. The van der Waals surface area contributed by atoms with E-state index in [0.29, 0.717) is 18.0 Å². The number of hydrogen-bond acceptors (Lipinski definition) is 11. The van der Waals surface area contributed by atoms with E-state index in [0.717, 1.165) is 19.2 Å². The maximum Gasteiger partial charge on any atom is 0.430 e. The van der Waals surface area contributed by atoms with E-state index in [-0.39, 0.29) is 49.1 Å². The van der Waals surface area contributed by atoms with Crippen molar-refractivity contribution in [3.63, 3.8) is 0 Å². The van der Waals surface area contributed by atoms with E-state index in [2.05, 4.69) is 15.0 Å². The molecule has 2 aromatic rings. The quantitative estimate of drug-likeness (QED) is 0.121. The Kier molecular flexibility index (Phi) is 12.7. The topological polar surface area (TPSA) is 159 Å². The molecule has 2 N–H and O–H groups in total. The summed E-state index contributed by atoms with van der Waals surface area (Å²) in [6.07, 6.45) is -5.55. The third kappa shape index (κ3) is 9.75. The molecule has 0 aliphatic carbocycles. The molecule has 12 nitrogen and oxygen atoms in total. The molecule has 1 aliphatic rings. The van der Waals surface area contributed by atoms with Gasteiger partial charge >= 0.3 is 18.1 Å². The molecule has 0 bridgehead atoms. The largest absolute Gasteiger partial charge is 0.493 e. The number of alkyl halides is 3. The zero-order valence-electron chi connectivity index (χ0n) is 25.7. The number of allylic oxidation sites excluding steroid dienone is 1. The number of aliphatic imine (C=N–C) groups is 1. The lowest BCUT2D eigenvalue weighted by atomic mass is 9.75. The van der Waals surface area contributed by atoms with Crippen molar-refractivity contribution >= 4 is 23.3 Å². The number of carbonyl (C=O) groups excluding carboxylic acids is 2. The van der Waals surface area contributed by atoms with Crippen molar-refractivity contribution in [3.8, 4) is 11.5 Å². The Morgan fingerprint density at radius 3 is 2.33 bits per heavy atom. The van der Waals surface area contributed by atoms with Crippen LogP contribution < -0.4 is 14.8 Å². The lowest BCUT2D eigenvalue weighted by Crippen LogP contribution is -2.43. The van der Waals surface area contributed by atoms with Gasteiger partial charge in [-0.2, -0.15) is 13.2 Å². The van der Waals surface area contributed by atoms with Gasteiger partial charge in [0.15, 0.2) is 0 Å². The lowest BCUT2D eigenvalue weighted by molar-refractivity contribution is -0.384. The number of nitro groups is 1. The summed E-state index contributed by atoms with van der Waals surface area (Å²) in [7, 11) is 0.891. The first-order valence-corrected chi connectivity index (χ1v) is 14.4. The predicted molar refractivity (Wildman–Crippen MR) is 160 cm³/mol. The first-order valence-electron chi connectivity index (χ1n) is 14.4. The number of nitrogens with zero attached hydrogens (tertiary/aromatic N) is 2. The van der Waals surface area contributed by atoms with Gasteiger partial charge in [0, 0.05) is 42.8 Å². The lowest BCUT2D eigenvalue weighted by Gasteiger charge is -2.32. The number of nitrogens with one attached hydrogen (secondary N) is 1. The molecule has 0 saturated heterocycles. The monoisotopic (exact) mass is 651 g/mol. The predicted octanol–water partition coefficient (Wildman–Crippen LogP) is 4.51. The zero-order valence-corrected chi connectivity index (χ0v) is 25.7. The molecule has 3 unspecified atom stereocenters. The van der Waals surface area contributed by atoms with Gasteiger partial charge in [-0.15, -0.1) is 0 Å². The van der Waals surface area contributed by atoms with Crippen LogP contribution in [-0.2, 0) is 19.1 Å². The van der Waals surface area contributed by atoms with Gasteiger partial charge < -0.3 is 29.4 Å². The number of aliphatic hydroxyl groups excluding tert-OH is 1. The van der Waals surface area contributed by atoms with E-state index in [9.17, 15) is 38.0 Å². The van der Waals surface area contributed by atoms with E-state index in [4.69, 9.17) is 14.2 Å². The summed E-state index contributed by atoms with van der Waals surface area (Å²) < 4.78 is 63.3. The summed E-state index contributed by atoms with van der Waals surface area (Å²) in [6.45, 7) is 5.52. The minimum Gasteiger partial charge on any atom is -0.493 e. The van der Waals surface area contributed by atoms with Crippen LogP contribution in [0.3, 0.4) is 0 Å². The van der Waals surface area contributed by atoms with Crippen LogP contribution in [0.1, 0.15) is 38.7 Å². The SMILES string of the molecule is COC(=O)C1C(C(F)(F)F)=NC(C)=C(C(=O)OCCCOc2ccc(OCC(O)CNC(C)C)cc2)C1c1cccc([N+](=O)[O-])c1. The highest BCUT2D eigenvalue weighted by Crippen LogP contribution is 2.44. The summed E-state index contributed by atoms with van der Waals surface area (Å²) in [5.74, 6) is -5.09. The van der Waals surface area contributed by atoms with Crippen LogP contribution in [-0.4, -0.2) is 79.5 Å². The van der Waals surface area contributed by atoms with Crippen LogP contribution in [0, 0.1) is 16.0 Å². The molecule has 3 atom stereocenters. The molecule has 1 heterocycles. The summed E-state index contributed by atoms with van der Waals surface area (Å²) in [5.41, 5.74) is -2.74. The van der Waals surface area contributed by atoms with Gasteiger partial charge in [-0.3, -0.25) is 19.9 Å². The second-order valence-electron chi connectivity index (χ2n) is 10.7. The zero-order chi connectivity index (χ0) is 34.0. The summed E-state index contributed by atoms with van der Waals surface area (Å²) >= 11 is 0. The standard InChI is InChI=1S/C31H36F3N3O9/c1-18(2)35-16-22(38)17-46-24-11-9-23(10-12-24)44-13-6-14-45-30(40)25-19(3)36-28(31(32,33)34)27(29(39)43-4)26(25)20-7-5-8-21(15-20)37(41)42/h5,7-12,15,18,22,26-27,35,38H,6,13-14,16-17H2,1-4H3. The van der Waals surface area contributed by atoms with Crippen LogP contribution in [0.25, 0.3) is 0 Å². The third-order valence-electron chi connectivity index (χ3n) is 6.84. The molecular formula is C31H36F3N3O9. The second-order valence-corrected chi connectivity index (χ2v) is 10.7. The number of non-ortho nitro benzene ring substituents is 1. The van der Waals surface area contributed by atoms with E-state index in [1.165, 1.54) is 19.1 Å². The Morgan fingerprint density at radius 2 is 1.74 bits per heavy atom. The number of rotatable bonds is 15. The van der Waals surface area contributed by atoms with Crippen molar-refractivity contribution in [2.24, 2.45) is 10.9 Å². The van der Waals surface area contributed by atoms with Gasteiger partial charge in [-0.05, 0) is 36.8 Å². The Morgan fingerprint density at radius 1 is 1.09 bits per heavy atom. The van der Waals surface area contributed by atoms with Gasteiger partial charge in [0.1, 0.15) is 35.8 Å². The Bertz CT molecular complexity index is 1440. The van der Waals surface area contributed by atoms with Crippen LogP contribution in [0.4, 0.5) is 18.9 Å². The molecule has 0 amide bonds. The van der Waals surface area contributed by atoms with Crippen LogP contribution in [0.2, 0.25) is 0 Å². The summed E-state index contributed by atoms with van der Waals surface area (Å²) in [5, 5.41) is 24.5. The number of carbonyl (C=O) groups is 2. The number of ether oxygens (including phenoxy) is 4. The average molecular weight is 652 g/mol. The molecule has 0 spiro atoms. The number of esters is 2. The van der Waals surface area contributed by atoms with Gasteiger partial charge in [0.05, 0.1) is 30.8 Å². The highest BCUT2D eigenvalue weighted by Gasteiger charge is 2.52. The van der Waals surface area contributed by atoms with E-state index < -0.39 is 52.4 Å². The van der Waals surface area contributed by atoms with Crippen LogP contribution in [0.15, 0.2) is 64.8 Å². The maximum atomic E-state index is 14.0. The first kappa shape index (κ1) is 36.0. The van der Waals surface area contributed by atoms with Crippen molar-refractivity contribution in [2.75, 3.05) is 33.5 Å². The molecule has 3 rings (SSSR count). The fourth-order valence-corrected chi connectivity index (χ4v) is 4.69. The highest BCUT2D eigenvalue weighted by molar-refractivity contribution is 6.10. The number of hydrogen-bond donors (Lipinski definition) is 2. The number of nitro benzene ring substituents is 1. The van der Waals surface area contributed by atoms with Crippen molar-refractivity contribution in [1.82, 2.24) is 5.32 Å². The molecule has 1 aliphatic heterocycles. The molecule has 15 heteroatoms. The summed E-state index contributed by atoms with van der Waals surface area (Å²) in [6, 6.07) is 11.5. The molecular weight excluding hydrogens is 615 g/mol. The Balaban J connectivity index is 1.68. The van der Waals surface area contributed by atoms with Gasteiger partial charge in [-0.1, -0.05) is 26.0 Å². The number of benzene rings is 2. The minimum absolute atomic E-state index is 0.0926. The van der Waals surface area contributed by atoms with Crippen molar-refractivity contribution < 1.29 is 51.7 Å². The summed E-state index contributed by atoms with van der Waals surface area (Å²) in [4.78, 5) is 40.2. The maximum absolute atomic E-state index is 14.0. The molecule has 0 fully saturated rings. The molecule has 250 valence electrons. The van der Waals surface area contributed by atoms with Gasteiger partial charge in [0.25, 0.3) is 5.69 Å². The Labute approximate surface area is 263 Å². The fourth-order valence-electron chi connectivity index (χ4n) is 4.69. The van der Waals surface area contributed by atoms with E-state index in [1.807, 2.05) is 13.8 Å². The second kappa shape index (κ2) is 16.2. The minimum atomic E-state index is -5.07. The molecule has 0 saturated carbocycles. The van der Waals surface area contributed by atoms with Crippen LogP contribution >= 0.6 is 0 Å². The first-order chi connectivity index (χ1) is 21.7. The molecule has 46 heavy (non-hydrogen) atoms. The van der Waals surface area contributed by atoms with E-state index >= 15 is 0 Å². The third-order valence-corrected chi connectivity index (χ3v) is 6.84. The number of methoxy groups -OCH3 is 1. The number of aliphatic hydroxyl groups is 1. The van der Waals surface area contributed by atoms with Crippen molar-refractivity contribution in [1.29, 1.82) is 0 Å². The smallest absolute Gasteiger partial charge is 0.430 e. The Hall–Kier alpha value is -4.50. The average Bonchev–Trinajstić information content (AvgIpc) is 3.01. The van der Waals surface area contributed by atoms with Crippen molar-refractivity contribution in [2.45, 2.75) is 51.4 Å². The van der Waals surface area contributed by atoms with Gasteiger partial charge in [0.2, 0.25) is 0 Å². The van der Waals surface area contributed by atoms with Crippen LogP contribution in [0.5, 0.6) is 11.5 Å². The van der Waals surface area contributed by atoms with E-state index in [1.54, 1.807) is 24.3 Å². The molecule has 2 aromatic carbocycles. The highest BCUT2D eigenvalue weighted by atomic mass is 19.4. The molecule has 0 radical (unpaired) electrons. The van der Waals surface area contributed by atoms with Crippen molar-refractivity contribution in [3.05, 3.63) is 75.5 Å². The molecule has 0 aromatic heterocycles. The van der Waals surface area contributed by atoms with Gasteiger partial charge in [-0.25, -0.2) is 4.79 Å². The fraction of sp³-hybridized carbons (Fsp3) is 0.452. The number of halogens is 3.